The molecule has 4 rings (SSSR count). The van der Waals surface area contributed by atoms with Crippen molar-refractivity contribution in [1.82, 2.24) is 20.1 Å². The van der Waals surface area contributed by atoms with E-state index in [0.29, 0.717) is 22.8 Å². The summed E-state index contributed by atoms with van der Waals surface area (Å²) in [6.45, 7) is 2.29. The summed E-state index contributed by atoms with van der Waals surface area (Å²) >= 11 is 1.38. The maximum Gasteiger partial charge on any atom is 0.230 e. The smallest absolute Gasteiger partial charge is 0.230 e. The molecule has 1 heterocycles. The summed E-state index contributed by atoms with van der Waals surface area (Å²) < 4.78 is 13.2. The van der Waals surface area contributed by atoms with Gasteiger partial charge in [-0.1, -0.05) is 43.2 Å². The van der Waals surface area contributed by atoms with Gasteiger partial charge in [-0.3, -0.25) is 9.36 Å². The normalized spacial score (nSPS) is 14.1. The Balaban J connectivity index is 1.49. The highest BCUT2D eigenvalue weighted by molar-refractivity contribution is 7.99. The first-order valence-corrected chi connectivity index (χ1v) is 12.3. The fourth-order valence-electron chi connectivity index (χ4n) is 3.98. The topological polar surface area (TPSA) is 78.3 Å². The molecule has 1 saturated carbocycles. The van der Waals surface area contributed by atoms with Crippen molar-refractivity contribution in [2.24, 2.45) is 0 Å². The number of amides is 1. The van der Waals surface area contributed by atoms with Crippen LogP contribution in [-0.4, -0.2) is 39.6 Å². The van der Waals surface area contributed by atoms with Crippen molar-refractivity contribution in [1.29, 1.82) is 0 Å². The van der Waals surface area contributed by atoms with E-state index in [-0.39, 0.29) is 12.5 Å². The molecule has 3 aromatic rings. The highest BCUT2D eigenvalue weighted by Crippen LogP contribution is 2.25. The van der Waals surface area contributed by atoms with Gasteiger partial charge < -0.3 is 14.8 Å². The van der Waals surface area contributed by atoms with Gasteiger partial charge in [0.25, 0.3) is 0 Å². The van der Waals surface area contributed by atoms with E-state index >= 15 is 0 Å². The van der Waals surface area contributed by atoms with Crippen molar-refractivity contribution in [2.75, 3.05) is 12.9 Å². The van der Waals surface area contributed by atoms with Gasteiger partial charge in [0, 0.05) is 11.7 Å². The van der Waals surface area contributed by atoms with Crippen LogP contribution in [0, 0.1) is 6.92 Å². The van der Waals surface area contributed by atoms with Crippen molar-refractivity contribution >= 4 is 17.7 Å². The minimum Gasteiger partial charge on any atom is -0.497 e. The molecule has 1 N–H and O–H groups in total. The van der Waals surface area contributed by atoms with Crippen LogP contribution in [0.1, 0.15) is 43.5 Å². The summed E-state index contributed by atoms with van der Waals surface area (Å²) in [5.41, 5.74) is 2.02. The number of nitrogens with zero attached hydrogens (tertiary/aromatic N) is 3. The second kappa shape index (κ2) is 11.2. The van der Waals surface area contributed by atoms with Gasteiger partial charge in [0.15, 0.2) is 11.0 Å². The maximum absolute atomic E-state index is 12.5. The molecule has 1 fully saturated rings. The number of hydrogen-bond donors (Lipinski definition) is 1. The van der Waals surface area contributed by atoms with Gasteiger partial charge in [-0.05, 0) is 61.7 Å². The van der Waals surface area contributed by atoms with E-state index in [2.05, 4.69) is 15.5 Å². The number of ether oxygens (including phenoxy) is 2. The quantitative estimate of drug-likeness (QED) is 0.461. The first-order chi connectivity index (χ1) is 16.1. The lowest BCUT2D eigenvalue weighted by molar-refractivity contribution is -0.119. The van der Waals surface area contributed by atoms with Gasteiger partial charge in [0.05, 0.1) is 12.9 Å². The first kappa shape index (κ1) is 23.2. The zero-order valence-electron chi connectivity index (χ0n) is 19.1. The summed E-state index contributed by atoms with van der Waals surface area (Å²) in [6.07, 6.45) is 5.78. The highest BCUT2D eigenvalue weighted by Gasteiger charge is 2.19. The zero-order chi connectivity index (χ0) is 23.0. The standard InChI is InChI=1S/C25H30N4O3S/c1-18-7-6-10-22(15-18)32-16-23-27-28-25(29(23)20-11-13-21(31-2)14-12-20)33-17-24(30)26-19-8-4-3-5-9-19/h6-7,10-15,19H,3-5,8-9,16-17H2,1-2H3,(H,26,30). The maximum atomic E-state index is 12.5. The van der Waals surface area contributed by atoms with Gasteiger partial charge in [0.2, 0.25) is 5.91 Å². The predicted octanol–water partition coefficient (Wildman–Crippen LogP) is 4.70. The Morgan fingerprint density at radius 3 is 2.61 bits per heavy atom. The molecule has 0 unspecified atom stereocenters. The summed E-state index contributed by atoms with van der Waals surface area (Å²) in [5.74, 6) is 2.54. The van der Waals surface area contributed by atoms with Gasteiger partial charge in [-0.25, -0.2) is 0 Å². The number of nitrogens with one attached hydrogen (secondary N) is 1. The number of benzene rings is 2. The second-order valence-electron chi connectivity index (χ2n) is 8.23. The van der Waals surface area contributed by atoms with Crippen molar-refractivity contribution in [3.8, 4) is 17.2 Å². The van der Waals surface area contributed by atoms with E-state index in [1.54, 1.807) is 7.11 Å². The number of carbonyl (C=O) groups is 1. The second-order valence-corrected chi connectivity index (χ2v) is 9.17. The Morgan fingerprint density at radius 2 is 1.88 bits per heavy atom. The monoisotopic (exact) mass is 466 g/mol. The number of hydrogen-bond acceptors (Lipinski definition) is 6. The molecule has 0 saturated heterocycles. The summed E-state index contributed by atoms with van der Waals surface area (Å²) in [4.78, 5) is 12.5. The van der Waals surface area contributed by atoms with Gasteiger partial charge in [0.1, 0.15) is 18.1 Å². The lowest BCUT2D eigenvalue weighted by Crippen LogP contribution is -2.37. The van der Waals surface area contributed by atoms with Crippen LogP contribution in [0.2, 0.25) is 0 Å². The summed E-state index contributed by atoms with van der Waals surface area (Å²) in [7, 11) is 1.64. The Morgan fingerprint density at radius 1 is 1.09 bits per heavy atom. The van der Waals surface area contributed by atoms with E-state index in [1.165, 1.54) is 31.0 Å². The molecule has 0 aliphatic heterocycles. The minimum atomic E-state index is 0.0359. The number of thioether (sulfide) groups is 1. The Kier molecular flexibility index (Phi) is 7.88. The molecule has 0 radical (unpaired) electrons. The first-order valence-electron chi connectivity index (χ1n) is 11.3. The third kappa shape index (κ3) is 6.28. The molecular weight excluding hydrogens is 436 g/mol. The Labute approximate surface area is 198 Å². The van der Waals surface area contributed by atoms with Crippen molar-refractivity contribution in [3.05, 3.63) is 59.9 Å². The molecule has 1 aliphatic rings. The van der Waals surface area contributed by atoms with Crippen LogP contribution >= 0.6 is 11.8 Å². The van der Waals surface area contributed by atoms with Crippen molar-refractivity contribution in [3.63, 3.8) is 0 Å². The van der Waals surface area contributed by atoms with Crippen LogP contribution in [0.25, 0.3) is 5.69 Å². The molecule has 1 aliphatic carbocycles. The molecule has 0 bridgehead atoms. The molecule has 1 aromatic heterocycles. The summed E-state index contributed by atoms with van der Waals surface area (Å²) in [5, 5.41) is 12.6. The Bertz CT molecular complexity index is 1060. The highest BCUT2D eigenvalue weighted by atomic mass is 32.2. The third-order valence-corrected chi connectivity index (χ3v) is 6.62. The fraction of sp³-hybridized carbons (Fsp3) is 0.400. The predicted molar refractivity (Wildman–Crippen MR) is 129 cm³/mol. The number of aryl methyl sites for hydroxylation is 1. The van der Waals surface area contributed by atoms with Crippen LogP contribution in [0.4, 0.5) is 0 Å². The molecule has 7 nitrogen and oxygen atoms in total. The number of carbonyl (C=O) groups excluding carboxylic acids is 1. The summed E-state index contributed by atoms with van der Waals surface area (Å²) in [6, 6.07) is 15.9. The minimum absolute atomic E-state index is 0.0359. The van der Waals surface area contributed by atoms with Gasteiger partial charge >= 0.3 is 0 Å². The average Bonchev–Trinajstić information content (AvgIpc) is 3.25. The van der Waals surface area contributed by atoms with Crippen LogP contribution < -0.4 is 14.8 Å². The molecule has 2 aromatic carbocycles. The zero-order valence-corrected chi connectivity index (χ0v) is 19.9. The SMILES string of the molecule is COc1ccc(-n2c(COc3cccc(C)c3)nnc2SCC(=O)NC2CCCCC2)cc1. The molecule has 1 amide bonds. The van der Waals surface area contributed by atoms with Gasteiger partial charge in [-0.15, -0.1) is 10.2 Å². The van der Waals surface area contributed by atoms with E-state index in [1.807, 2.05) is 60.0 Å². The van der Waals surface area contributed by atoms with Crippen LogP contribution in [0.3, 0.4) is 0 Å². The molecule has 0 atom stereocenters. The van der Waals surface area contributed by atoms with Crippen LogP contribution in [0.15, 0.2) is 53.7 Å². The van der Waals surface area contributed by atoms with E-state index < -0.39 is 0 Å². The van der Waals surface area contributed by atoms with E-state index in [4.69, 9.17) is 9.47 Å². The molecule has 33 heavy (non-hydrogen) atoms. The van der Waals surface area contributed by atoms with E-state index in [0.717, 1.165) is 35.6 Å². The molecule has 0 spiro atoms. The van der Waals surface area contributed by atoms with Crippen molar-refractivity contribution < 1.29 is 14.3 Å². The number of rotatable bonds is 9. The Hall–Kier alpha value is -3.00. The van der Waals surface area contributed by atoms with Crippen LogP contribution in [0.5, 0.6) is 11.5 Å². The van der Waals surface area contributed by atoms with E-state index in [9.17, 15) is 4.79 Å². The molecule has 8 heteroatoms. The van der Waals surface area contributed by atoms with Gasteiger partial charge in [-0.2, -0.15) is 0 Å². The lowest BCUT2D eigenvalue weighted by atomic mass is 9.95. The fourth-order valence-corrected chi connectivity index (χ4v) is 4.76. The van der Waals surface area contributed by atoms with Crippen LogP contribution in [-0.2, 0) is 11.4 Å². The molecule has 174 valence electrons. The molecular formula is C25H30N4O3S. The lowest BCUT2D eigenvalue weighted by Gasteiger charge is -2.22. The third-order valence-electron chi connectivity index (χ3n) is 5.69. The average molecular weight is 467 g/mol. The largest absolute Gasteiger partial charge is 0.497 e. The number of methoxy groups -OCH3 is 1. The van der Waals surface area contributed by atoms with Crippen molar-refractivity contribution in [2.45, 2.75) is 56.8 Å². The number of aromatic nitrogens is 3.